The molecule has 2 aromatic carbocycles. The lowest BCUT2D eigenvalue weighted by molar-refractivity contribution is 0.101. The zero-order chi connectivity index (χ0) is 19.9. The largest absolute Gasteiger partial charge is 0.370 e. The average Bonchev–Trinajstić information content (AvgIpc) is 2.70. The van der Waals surface area contributed by atoms with Gasteiger partial charge in [0.15, 0.2) is 5.78 Å². The van der Waals surface area contributed by atoms with Crippen LogP contribution in [0.15, 0.2) is 66.9 Å². The first-order chi connectivity index (χ1) is 13.5. The van der Waals surface area contributed by atoms with Gasteiger partial charge in [-0.25, -0.2) is 9.37 Å². The fraction of sp³-hybridized carbons (Fsp3) is 0.136. The summed E-state index contributed by atoms with van der Waals surface area (Å²) in [6.45, 7) is 2.14. The summed E-state index contributed by atoms with van der Waals surface area (Å²) in [4.78, 5) is 27.8. The summed E-state index contributed by atoms with van der Waals surface area (Å²) in [5.41, 5.74) is 2.66. The Labute approximate surface area is 162 Å². The Hall–Kier alpha value is -3.54. The first-order valence-electron chi connectivity index (χ1n) is 8.88. The summed E-state index contributed by atoms with van der Waals surface area (Å²) < 4.78 is 12.9. The highest BCUT2D eigenvalue weighted by atomic mass is 19.1. The molecule has 0 saturated heterocycles. The lowest BCUT2D eigenvalue weighted by Gasteiger charge is -2.08. The van der Waals surface area contributed by atoms with Crippen molar-refractivity contribution in [2.75, 3.05) is 17.2 Å². The standard InChI is InChI=1S/C22H20FN3O2/c1-15(27)17-4-9-20(10-5-17)26-22(28)18-6-11-21(25-14-18)24-13-12-16-2-7-19(23)8-3-16/h2-11,14H,12-13H2,1H3,(H,24,25)(H,26,28). The minimum atomic E-state index is -0.277. The topological polar surface area (TPSA) is 71.1 Å². The van der Waals surface area contributed by atoms with E-state index in [1.807, 2.05) is 0 Å². The van der Waals surface area contributed by atoms with Crippen LogP contribution in [0.25, 0.3) is 0 Å². The number of ketones is 1. The molecule has 0 aliphatic heterocycles. The van der Waals surface area contributed by atoms with Crippen LogP contribution in [0.2, 0.25) is 0 Å². The zero-order valence-corrected chi connectivity index (χ0v) is 15.4. The van der Waals surface area contributed by atoms with Crippen LogP contribution in [0.5, 0.6) is 0 Å². The van der Waals surface area contributed by atoms with Crippen molar-refractivity contribution < 1.29 is 14.0 Å². The zero-order valence-electron chi connectivity index (χ0n) is 15.4. The van der Waals surface area contributed by atoms with Crippen molar-refractivity contribution in [2.45, 2.75) is 13.3 Å². The smallest absolute Gasteiger partial charge is 0.257 e. The Morgan fingerprint density at radius 1 is 0.929 bits per heavy atom. The molecule has 0 bridgehead atoms. The molecule has 0 radical (unpaired) electrons. The number of nitrogens with one attached hydrogen (secondary N) is 2. The van der Waals surface area contributed by atoms with Gasteiger partial charge in [-0.05, 0) is 67.4 Å². The molecule has 0 atom stereocenters. The number of amides is 1. The van der Waals surface area contributed by atoms with Crippen LogP contribution in [0.4, 0.5) is 15.9 Å². The number of aromatic nitrogens is 1. The Morgan fingerprint density at radius 2 is 1.61 bits per heavy atom. The molecule has 1 heterocycles. The summed E-state index contributed by atoms with van der Waals surface area (Å²) in [7, 11) is 0. The molecule has 0 aliphatic carbocycles. The van der Waals surface area contributed by atoms with E-state index in [4.69, 9.17) is 0 Å². The molecule has 0 aliphatic rings. The number of Topliss-reactive ketones (excluding diaryl/α,β-unsaturated/α-hetero) is 1. The maximum absolute atomic E-state index is 12.9. The van der Waals surface area contributed by atoms with Crippen molar-refractivity contribution in [1.29, 1.82) is 0 Å². The molecule has 5 nitrogen and oxygen atoms in total. The maximum atomic E-state index is 12.9. The first kappa shape index (κ1) is 19.2. The average molecular weight is 377 g/mol. The van der Waals surface area contributed by atoms with Crippen molar-refractivity contribution >= 4 is 23.2 Å². The van der Waals surface area contributed by atoms with Crippen molar-refractivity contribution in [2.24, 2.45) is 0 Å². The number of carbonyl (C=O) groups excluding carboxylic acids is 2. The van der Waals surface area contributed by atoms with E-state index in [0.29, 0.717) is 29.2 Å². The SMILES string of the molecule is CC(=O)c1ccc(NC(=O)c2ccc(NCCc3ccc(F)cc3)nc2)cc1. The van der Waals surface area contributed by atoms with E-state index in [-0.39, 0.29) is 17.5 Å². The molecule has 28 heavy (non-hydrogen) atoms. The lowest BCUT2D eigenvalue weighted by atomic mass is 10.1. The Morgan fingerprint density at radius 3 is 2.21 bits per heavy atom. The predicted octanol–water partition coefficient (Wildman–Crippen LogP) is 4.33. The number of benzene rings is 2. The van der Waals surface area contributed by atoms with Crippen LogP contribution < -0.4 is 10.6 Å². The van der Waals surface area contributed by atoms with Gasteiger partial charge in [0.05, 0.1) is 5.56 Å². The predicted molar refractivity (Wildman–Crippen MR) is 107 cm³/mol. The minimum Gasteiger partial charge on any atom is -0.370 e. The third-order valence-electron chi connectivity index (χ3n) is 4.21. The quantitative estimate of drug-likeness (QED) is 0.601. The second-order valence-electron chi connectivity index (χ2n) is 6.32. The van der Waals surface area contributed by atoms with Crippen LogP contribution in [0.3, 0.4) is 0 Å². The van der Waals surface area contributed by atoms with Crippen molar-refractivity contribution in [3.05, 3.63) is 89.4 Å². The summed E-state index contributed by atoms with van der Waals surface area (Å²) in [5, 5.41) is 5.94. The van der Waals surface area contributed by atoms with E-state index in [1.54, 1.807) is 48.5 Å². The summed E-state index contributed by atoms with van der Waals surface area (Å²) in [6.07, 6.45) is 2.24. The normalized spacial score (nSPS) is 10.4. The maximum Gasteiger partial charge on any atom is 0.257 e. The number of rotatable bonds is 7. The van der Waals surface area contributed by atoms with Gasteiger partial charge in [-0.2, -0.15) is 0 Å². The molecule has 0 saturated carbocycles. The van der Waals surface area contributed by atoms with Gasteiger partial charge in [0.1, 0.15) is 11.6 Å². The number of hydrogen-bond donors (Lipinski definition) is 2. The number of hydrogen-bond acceptors (Lipinski definition) is 4. The Balaban J connectivity index is 1.52. The molecular weight excluding hydrogens is 357 g/mol. The van der Waals surface area contributed by atoms with Gasteiger partial charge >= 0.3 is 0 Å². The van der Waals surface area contributed by atoms with Crippen molar-refractivity contribution in [1.82, 2.24) is 4.98 Å². The van der Waals surface area contributed by atoms with E-state index >= 15 is 0 Å². The summed E-state index contributed by atoms with van der Waals surface area (Å²) in [5.74, 6) is 0.108. The van der Waals surface area contributed by atoms with Crippen LogP contribution in [-0.4, -0.2) is 23.2 Å². The van der Waals surface area contributed by atoms with Gasteiger partial charge in [0.25, 0.3) is 5.91 Å². The lowest BCUT2D eigenvalue weighted by Crippen LogP contribution is -2.13. The summed E-state index contributed by atoms with van der Waals surface area (Å²) in [6, 6.07) is 16.5. The van der Waals surface area contributed by atoms with Crippen LogP contribution >= 0.6 is 0 Å². The highest BCUT2D eigenvalue weighted by Crippen LogP contribution is 2.13. The molecule has 0 fully saturated rings. The van der Waals surface area contributed by atoms with Crippen molar-refractivity contribution in [3.8, 4) is 0 Å². The number of nitrogens with zero attached hydrogens (tertiary/aromatic N) is 1. The fourth-order valence-corrected chi connectivity index (χ4v) is 2.61. The molecule has 142 valence electrons. The molecule has 1 aromatic heterocycles. The number of halogens is 1. The third kappa shape index (κ3) is 5.23. The Bertz CT molecular complexity index is 953. The molecule has 1 amide bonds. The number of pyridine rings is 1. The second kappa shape index (κ2) is 8.90. The van der Waals surface area contributed by atoms with Gasteiger partial charge in [-0.15, -0.1) is 0 Å². The van der Waals surface area contributed by atoms with E-state index in [9.17, 15) is 14.0 Å². The molecular formula is C22H20FN3O2. The minimum absolute atomic E-state index is 0.0235. The van der Waals surface area contributed by atoms with E-state index < -0.39 is 0 Å². The molecule has 3 aromatic rings. The molecule has 2 N–H and O–H groups in total. The number of carbonyl (C=O) groups is 2. The Kier molecular flexibility index (Phi) is 6.11. The van der Waals surface area contributed by atoms with Crippen LogP contribution in [0, 0.1) is 5.82 Å². The highest BCUT2D eigenvalue weighted by molar-refractivity contribution is 6.04. The van der Waals surface area contributed by atoms with Gasteiger partial charge in [0.2, 0.25) is 0 Å². The van der Waals surface area contributed by atoms with E-state index in [0.717, 1.165) is 12.0 Å². The molecule has 3 rings (SSSR count). The summed E-state index contributed by atoms with van der Waals surface area (Å²) >= 11 is 0. The van der Waals surface area contributed by atoms with Gasteiger partial charge < -0.3 is 10.6 Å². The third-order valence-corrected chi connectivity index (χ3v) is 4.21. The van der Waals surface area contributed by atoms with E-state index in [1.165, 1.54) is 25.3 Å². The monoisotopic (exact) mass is 377 g/mol. The van der Waals surface area contributed by atoms with Crippen molar-refractivity contribution in [3.63, 3.8) is 0 Å². The van der Waals surface area contributed by atoms with E-state index in [2.05, 4.69) is 15.6 Å². The van der Waals surface area contributed by atoms with Crippen LogP contribution in [-0.2, 0) is 6.42 Å². The molecule has 0 spiro atoms. The molecule has 0 unspecified atom stereocenters. The second-order valence-corrected chi connectivity index (χ2v) is 6.32. The first-order valence-corrected chi connectivity index (χ1v) is 8.88. The number of anilines is 2. The highest BCUT2D eigenvalue weighted by Gasteiger charge is 2.07. The van der Waals surface area contributed by atoms with Gasteiger partial charge in [-0.1, -0.05) is 12.1 Å². The van der Waals surface area contributed by atoms with Gasteiger partial charge in [-0.3, -0.25) is 9.59 Å². The molecule has 6 heteroatoms. The van der Waals surface area contributed by atoms with Gasteiger partial charge in [0, 0.05) is 24.0 Å². The fourth-order valence-electron chi connectivity index (χ4n) is 2.61. The van der Waals surface area contributed by atoms with Crippen LogP contribution in [0.1, 0.15) is 33.2 Å².